The molecule has 0 bridgehead atoms. The lowest BCUT2D eigenvalue weighted by molar-refractivity contribution is -0.130. The van der Waals surface area contributed by atoms with Gasteiger partial charge in [-0.05, 0) is 35.4 Å². The molecule has 2 nitrogen and oxygen atoms in total. The molecule has 1 N–H and O–H groups in total. The Morgan fingerprint density at radius 3 is 2.32 bits per heavy atom. The normalized spacial score (nSPS) is 11.4. The number of halogens is 2. The van der Waals surface area contributed by atoms with Crippen LogP contribution in [0, 0.1) is 5.82 Å². The van der Waals surface area contributed by atoms with Crippen molar-refractivity contribution in [1.82, 2.24) is 0 Å². The van der Waals surface area contributed by atoms with E-state index in [1.807, 2.05) is 0 Å². The van der Waals surface area contributed by atoms with Crippen LogP contribution in [-0.2, 0) is 4.79 Å². The van der Waals surface area contributed by atoms with Crippen LogP contribution in [0.3, 0.4) is 0 Å². The van der Waals surface area contributed by atoms with Gasteiger partial charge in [0.25, 0.3) is 0 Å². The molecule has 0 unspecified atom stereocenters. The molecule has 0 amide bonds. The maximum atomic E-state index is 12.9. The summed E-state index contributed by atoms with van der Waals surface area (Å²) >= 11 is 5.99. The first-order valence-corrected chi connectivity index (χ1v) is 5.91. The summed E-state index contributed by atoms with van der Waals surface area (Å²) in [4.78, 5) is 11.3. The lowest BCUT2D eigenvalue weighted by Gasteiger charge is -2.04. The van der Waals surface area contributed by atoms with E-state index < -0.39 is 11.8 Å². The fraction of sp³-hybridized carbons (Fsp3) is 0. The monoisotopic (exact) mass is 276 g/mol. The first kappa shape index (κ1) is 13.3. The molecular formula is C15H10ClFO2. The van der Waals surface area contributed by atoms with Crippen LogP contribution in [0.25, 0.3) is 11.6 Å². The minimum absolute atomic E-state index is 0.0631. The molecule has 0 atom stereocenters. The van der Waals surface area contributed by atoms with Gasteiger partial charge in [0.05, 0.1) is 5.57 Å². The summed E-state index contributed by atoms with van der Waals surface area (Å²) < 4.78 is 12.9. The molecule has 96 valence electrons. The third kappa shape index (κ3) is 3.20. The fourth-order valence-electron chi connectivity index (χ4n) is 1.65. The number of benzene rings is 2. The van der Waals surface area contributed by atoms with Crippen LogP contribution >= 0.6 is 11.6 Å². The molecule has 2 aromatic rings. The van der Waals surface area contributed by atoms with Gasteiger partial charge >= 0.3 is 5.97 Å². The number of carbonyl (C=O) groups is 1. The summed E-state index contributed by atoms with van der Waals surface area (Å²) in [7, 11) is 0. The van der Waals surface area contributed by atoms with E-state index in [0.717, 1.165) is 0 Å². The Morgan fingerprint density at radius 1 is 1.11 bits per heavy atom. The average molecular weight is 277 g/mol. The van der Waals surface area contributed by atoms with Gasteiger partial charge in [-0.3, -0.25) is 0 Å². The van der Waals surface area contributed by atoms with Crippen LogP contribution in [-0.4, -0.2) is 11.1 Å². The van der Waals surface area contributed by atoms with Gasteiger partial charge in [0.2, 0.25) is 0 Å². The summed E-state index contributed by atoms with van der Waals surface area (Å²) in [6.45, 7) is 0. The predicted molar refractivity (Wildman–Crippen MR) is 73.4 cm³/mol. The van der Waals surface area contributed by atoms with Crippen molar-refractivity contribution in [1.29, 1.82) is 0 Å². The van der Waals surface area contributed by atoms with Gasteiger partial charge in [-0.2, -0.15) is 0 Å². The van der Waals surface area contributed by atoms with Crippen molar-refractivity contribution in [2.45, 2.75) is 0 Å². The van der Waals surface area contributed by atoms with Crippen molar-refractivity contribution in [3.63, 3.8) is 0 Å². The van der Waals surface area contributed by atoms with E-state index in [4.69, 9.17) is 11.6 Å². The first-order chi connectivity index (χ1) is 9.08. The average Bonchev–Trinajstić information content (AvgIpc) is 2.39. The zero-order chi connectivity index (χ0) is 13.8. The third-order valence-electron chi connectivity index (χ3n) is 2.59. The quantitative estimate of drug-likeness (QED) is 0.677. The second kappa shape index (κ2) is 5.67. The van der Waals surface area contributed by atoms with Crippen LogP contribution in [0.1, 0.15) is 11.1 Å². The minimum Gasteiger partial charge on any atom is -0.478 e. The smallest absolute Gasteiger partial charge is 0.336 e. The third-order valence-corrected chi connectivity index (χ3v) is 2.93. The number of aliphatic carboxylic acids is 1. The molecule has 0 saturated carbocycles. The second-order valence-corrected chi connectivity index (χ2v) is 4.30. The maximum Gasteiger partial charge on any atom is 0.336 e. The zero-order valence-electron chi connectivity index (χ0n) is 9.81. The van der Waals surface area contributed by atoms with E-state index in [-0.39, 0.29) is 5.57 Å². The molecule has 2 rings (SSSR count). The van der Waals surface area contributed by atoms with Crippen molar-refractivity contribution in [2.24, 2.45) is 0 Å². The molecule has 0 aliphatic heterocycles. The minimum atomic E-state index is -1.09. The van der Waals surface area contributed by atoms with E-state index >= 15 is 0 Å². The number of hydrogen-bond acceptors (Lipinski definition) is 1. The molecule has 0 radical (unpaired) electrons. The van der Waals surface area contributed by atoms with Gasteiger partial charge in [0.1, 0.15) is 5.82 Å². The summed E-state index contributed by atoms with van der Waals surface area (Å²) in [5, 5.41) is 9.70. The highest BCUT2D eigenvalue weighted by Crippen LogP contribution is 2.23. The molecule has 4 heteroatoms. The van der Waals surface area contributed by atoms with E-state index in [2.05, 4.69) is 0 Å². The van der Waals surface area contributed by atoms with Gasteiger partial charge in [-0.1, -0.05) is 41.9 Å². The van der Waals surface area contributed by atoms with Crippen molar-refractivity contribution in [2.75, 3.05) is 0 Å². The Balaban J connectivity index is 2.50. The van der Waals surface area contributed by atoms with Crippen LogP contribution in [0.4, 0.5) is 4.39 Å². The van der Waals surface area contributed by atoms with Crippen molar-refractivity contribution >= 4 is 29.2 Å². The van der Waals surface area contributed by atoms with Gasteiger partial charge in [-0.25, -0.2) is 9.18 Å². The largest absolute Gasteiger partial charge is 0.478 e. The Kier molecular flexibility index (Phi) is 3.97. The number of hydrogen-bond donors (Lipinski definition) is 1. The molecule has 0 heterocycles. The van der Waals surface area contributed by atoms with Crippen molar-refractivity contribution in [3.05, 3.63) is 70.5 Å². The molecule has 0 aliphatic rings. The van der Waals surface area contributed by atoms with Gasteiger partial charge in [0.15, 0.2) is 0 Å². The van der Waals surface area contributed by atoms with Gasteiger partial charge in [0, 0.05) is 5.02 Å². The van der Waals surface area contributed by atoms with Gasteiger partial charge in [-0.15, -0.1) is 0 Å². The number of carboxylic acid groups (broad SMARTS) is 1. The molecule has 0 spiro atoms. The Bertz CT molecular complexity index is 633. The van der Waals surface area contributed by atoms with Gasteiger partial charge < -0.3 is 5.11 Å². The lowest BCUT2D eigenvalue weighted by Crippen LogP contribution is -1.99. The Morgan fingerprint density at radius 2 is 1.74 bits per heavy atom. The number of carboxylic acids is 1. The molecule has 0 saturated heterocycles. The van der Waals surface area contributed by atoms with Crippen LogP contribution in [0.2, 0.25) is 5.02 Å². The fourth-order valence-corrected chi connectivity index (χ4v) is 1.84. The molecule has 0 fully saturated rings. The van der Waals surface area contributed by atoms with Crippen LogP contribution < -0.4 is 0 Å². The van der Waals surface area contributed by atoms with Crippen molar-refractivity contribution < 1.29 is 14.3 Å². The highest BCUT2D eigenvalue weighted by Gasteiger charge is 2.11. The van der Waals surface area contributed by atoms with Crippen LogP contribution in [0.15, 0.2) is 48.5 Å². The predicted octanol–water partition coefficient (Wildman–Crippen LogP) is 4.10. The highest BCUT2D eigenvalue weighted by atomic mass is 35.5. The van der Waals surface area contributed by atoms with E-state index in [9.17, 15) is 14.3 Å². The lowest BCUT2D eigenvalue weighted by atomic mass is 10.0. The van der Waals surface area contributed by atoms with Crippen molar-refractivity contribution in [3.8, 4) is 0 Å². The molecule has 19 heavy (non-hydrogen) atoms. The summed E-state index contributed by atoms with van der Waals surface area (Å²) in [6, 6.07) is 12.2. The van der Waals surface area contributed by atoms with E-state index in [1.165, 1.54) is 30.3 Å². The standard InChI is InChI=1S/C15H10ClFO2/c16-14-4-2-1-3-11(14)9-13(15(18)19)10-5-7-12(17)8-6-10/h1-9H,(H,18,19)/b13-9-. The molecular weight excluding hydrogens is 267 g/mol. The van der Waals surface area contributed by atoms with Crippen LogP contribution in [0.5, 0.6) is 0 Å². The van der Waals surface area contributed by atoms with E-state index in [1.54, 1.807) is 24.3 Å². The summed E-state index contributed by atoms with van der Waals surface area (Å²) in [6.07, 6.45) is 1.47. The first-order valence-electron chi connectivity index (χ1n) is 5.53. The zero-order valence-corrected chi connectivity index (χ0v) is 10.6. The topological polar surface area (TPSA) is 37.3 Å². The van der Waals surface area contributed by atoms with E-state index in [0.29, 0.717) is 16.1 Å². The molecule has 0 aromatic heterocycles. The number of rotatable bonds is 3. The summed E-state index contributed by atoms with van der Waals surface area (Å²) in [5.74, 6) is -1.50. The second-order valence-electron chi connectivity index (χ2n) is 3.89. The molecule has 0 aliphatic carbocycles. The Hall–Kier alpha value is -2.13. The SMILES string of the molecule is O=C(O)/C(=C\c1ccccc1Cl)c1ccc(F)cc1. The summed E-state index contributed by atoms with van der Waals surface area (Å²) in [5.41, 5.74) is 1.09. The Labute approximate surface area is 114 Å². The maximum absolute atomic E-state index is 12.9. The highest BCUT2D eigenvalue weighted by molar-refractivity contribution is 6.33. The molecule has 2 aromatic carbocycles.